The van der Waals surface area contributed by atoms with Crippen LogP contribution in [0, 0.1) is 6.92 Å². The van der Waals surface area contributed by atoms with E-state index in [0.29, 0.717) is 35.2 Å². The molecule has 3 rings (SSSR count). The summed E-state index contributed by atoms with van der Waals surface area (Å²) in [7, 11) is 0. The Labute approximate surface area is 235 Å². The Bertz CT molecular complexity index is 1180. The van der Waals surface area contributed by atoms with Gasteiger partial charge in [-0.25, -0.2) is 4.98 Å². The molecule has 0 aliphatic heterocycles. The SMILES string of the molecule is Cc1[nH]n2nc(-c3cccc(NC(=O)COC(=O)CCCCCCCCCCCCCCCO)c3)nc2c1Cl. The highest BCUT2D eigenvalue weighted by atomic mass is 35.5. The zero-order chi connectivity index (χ0) is 27.9. The molecule has 0 spiro atoms. The van der Waals surface area contributed by atoms with Crippen LogP contribution in [-0.2, 0) is 14.3 Å². The van der Waals surface area contributed by atoms with E-state index in [1.54, 1.807) is 18.2 Å². The molecule has 0 saturated heterocycles. The number of aliphatic hydroxyl groups is 1. The Hall–Kier alpha value is -2.91. The maximum absolute atomic E-state index is 12.3. The fourth-order valence-corrected chi connectivity index (χ4v) is 4.67. The lowest BCUT2D eigenvalue weighted by molar-refractivity contribution is -0.147. The number of benzene rings is 1. The number of carbonyl (C=O) groups is 2. The summed E-state index contributed by atoms with van der Waals surface area (Å²) in [5.74, 6) is -0.261. The molecule has 3 aromatic rings. The van der Waals surface area contributed by atoms with Gasteiger partial charge in [0.2, 0.25) is 0 Å². The third-order valence-electron chi connectivity index (χ3n) is 6.71. The molecule has 1 aromatic carbocycles. The summed E-state index contributed by atoms with van der Waals surface area (Å²) in [5, 5.41) is 19.5. The van der Waals surface area contributed by atoms with Crippen LogP contribution in [0.4, 0.5) is 5.69 Å². The highest BCUT2D eigenvalue weighted by molar-refractivity contribution is 6.34. The minimum Gasteiger partial charge on any atom is -0.456 e. The Kier molecular flexibility index (Phi) is 13.3. The minimum absolute atomic E-state index is 0.314. The van der Waals surface area contributed by atoms with E-state index >= 15 is 0 Å². The number of anilines is 1. The molecule has 3 N–H and O–H groups in total. The van der Waals surface area contributed by atoms with Crippen LogP contribution >= 0.6 is 11.6 Å². The number of aryl methyl sites for hydroxylation is 1. The first-order valence-electron chi connectivity index (χ1n) is 14.3. The number of aliphatic hydroxyl groups excluding tert-OH is 1. The summed E-state index contributed by atoms with van der Waals surface area (Å²) in [6.45, 7) is 1.85. The number of ether oxygens (including phenoxy) is 1. The van der Waals surface area contributed by atoms with Crippen molar-refractivity contribution < 1.29 is 19.4 Å². The minimum atomic E-state index is -0.394. The zero-order valence-electron chi connectivity index (χ0n) is 23.0. The number of fused-ring (bicyclic) bond motifs is 1. The van der Waals surface area contributed by atoms with Gasteiger partial charge in [-0.2, -0.15) is 4.63 Å². The largest absolute Gasteiger partial charge is 0.456 e. The summed E-state index contributed by atoms with van der Waals surface area (Å²) >= 11 is 6.24. The smallest absolute Gasteiger partial charge is 0.306 e. The molecule has 0 radical (unpaired) electrons. The van der Waals surface area contributed by atoms with Crippen molar-refractivity contribution in [3.05, 3.63) is 35.0 Å². The summed E-state index contributed by atoms with van der Waals surface area (Å²) in [6, 6.07) is 7.15. The molecular formula is C29H42ClN5O4. The molecule has 214 valence electrons. The molecule has 1 amide bonds. The monoisotopic (exact) mass is 559 g/mol. The zero-order valence-corrected chi connectivity index (χ0v) is 23.8. The first-order chi connectivity index (χ1) is 19.0. The van der Waals surface area contributed by atoms with Gasteiger partial charge in [-0.3, -0.25) is 14.7 Å². The highest BCUT2D eigenvalue weighted by Gasteiger charge is 2.14. The van der Waals surface area contributed by atoms with Gasteiger partial charge < -0.3 is 15.2 Å². The van der Waals surface area contributed by atoms with Crippen molar-refractivity contribution in [1.29, 1.82) is 0 Å². The summed E-state index contributed by atoms with van der Waals surface area (Å²) in [6.07, 6.45) is 15.5. The molecule has 0 aliphatic rings. The van der Waals surface area contributed by atoms with Gasteiger partial charge in [0.05, 0.1) is 5.69 Å². The standard InChI is InChI=1S/C29H42ClN5O4/c1-22-27(30)29-32-28(34-35(29)33-22)23-16-15-17-24(20-23)31-25(37)21-39-26(38)18-13-11-9-7-5-3-2-4-6-8-10-12-14-19-36/h15-17,20,33,36H,2-14,18-19,21H2,1H3,(H,31,37). The Morgan fingerprint density at radius 3 is 2.21 bits per heavy atom. The van der Waals surface area contributed by atoms with Crippen LogP contribution in [0.1, 0.15) is 95.6 Å². The van der Waals surface area contributed by atoms with Crippen molar-refractivity contribution in [2.45, 2.75) is 96.8 Å². The molecular weight excluding hydrogens is 518 g/mol. The third kappa shape index (κ3) is 10.6. The van der Waals surface area contributed by atoms with Gasteiger partial charge in [0.15, 0.2) is 18.1 Å². The lowest BCUT2D eigenvalue weighted by Crippen LogP contribution is -2.20. The summed E-state index contributed by atoms with van der Waals surface area (Å²) in [5.41, 5.74) is 2.61. The number of nitrogens with zero attached hydrogens (tertiary/aromatic N) is 3. The number of amides is 1. The molecule has 0 aliphatic carbocycles. The fraction of sp³-hybridized carbons (Fsp3) is 0.586. The highest BCUT2D eigenvalue weighted by Crippen LogP contribution is 2.24. The predicted molar refractivity (Wildman–Crippen MR) is 154 cm³/mol. The second-order valence-corrected chi connectivity index (χ2v) is 10.5. The van der Waals surface area contributed by atoms with Gasteiger partial charge in [-0.05, 0) is 31.9 Å². The van der Waals surface area contributed by atoms with Crippen molar-refractivity contribution in [3.8, 4) is 11.4 Å². The van der Waals surface area contributed by atoms with Crippen LogP contribution < -0.4 is 5.32 Å². The van der Waals surface area contributed by atoms with Gasteiger partial charge in [0, 0.05) is 24.3 Å². The van der Waals surface area contributed by atoms with Crippen molar-refractivity contribution in [2.24, 2.45) is 0 Å². The Morgan fingerprint density at radius 2 is 1.59 bits per heavy atom. The van der Waals surface area contributed by atoms with E-state index in [0.717, 1.165) is 43.4 Å². The molecule has 0 unspecified atom stereocenters. The van der Waals surface area contributed by atoms with Gasteiger partial charge in [0.1, 0.15) is 5.02 Å². The lowest BCUT2D eigenvalue weighted by Gasteiger charge is -2.07. The molecule has 0 fully saturated rings. The van der Waals surface area contributed by atoms with Crippen molar-refractivity contribution >= 4 is 34.8 Å². The predicted octanol–water partition coefficient (Wildman–Crippen LogP) is 6.62. The molecule has 0 atom stereocenters. The average molecular weight is 560 g/mol. The van der Waals surface area contributed by atoms with Gasteiger partial charge in [-0.15, -0.1) is 5.10 Å². The lowest BCUT2D eigenvalue weighted by atomic mass is 10.0. The van der Waals surface area contributed by atoms with Crippen LogP contribution in [0.2, 0.25) is 5.02 Å². The van der Waals surface area contributed by atoms with Crippen molar-refractivity contribution in [1.82, 2.24) is 19.8 Å². The number of esters is 1. The summed E-state index contributed by atoms with van der Waals surface area (Å²) < 4.78 is 6.67. The van der Waals surface area contributed by atoms with Crippen LogP contribution in [0.5, 0.6) is 0 Å². The number of hydrogen-bond acceptors (Lipinski definition) is 6. The molecule has 0 saturated carbocycles. The third-order valence-corrected chi connectivity index (χ3v) is 7.17. The quantitative estimate of drug-likeness (QED) is 0.112. The Morgan fingerprint density at radius 1 is 0.974 bits per heavy atom. The van der Waals surface area contributed by atoms with E-state index < -0.39 is 5.91 Å². The van der Waals surface area contributed by atoms with E-state index in [1.165, 1.54) is 56.0 Å². The maximum atomic E-state index is 12.3. The van der Waals surface area contributed by atoms with E-state index in [9.17, 15) is 9.59 Å². The number of unbranched alkanes of at least 4 members (excludes halogenated alkanes) is 12. The molecule has 2 heterocycles. The molecule has 0 bridgehead atoms. The van der Waals surface area contributed by atoms with E-state index in [1.807, 2.05) is 13.0 Å². The molecule has 9 nitrogen and oxygen atoms in total. The average Bonchev–Trinajstić information content (AvgIpc) is 3.46. The molecule has 10 heteroatoms. The normalized spacial score (nSPS) is 11.3. The number of hydrogen-bond donors (Lipinski definition) is 3. The first kappa shape index (κ1) is 30.6. The van der Waals surface area contributed by atoms with E-state index in [-0.39, 0.29) is 12.6 Å². The van der Waals surface area contributed by atoms with Gasteiger partial charge in [0.25, 0.3) is 5.91 Å². The van der Waals surface area contributed by atoms with Crippen LogP contribution in [0.15, 0.2) is 24.3 Å². The van der Waals surface area contributed by atoms with Crippen molar-refractivity contribution in [3.63, 3.8) is 0 Å². The first-order valence-corrected chi connectivity index (χ1v) is 14.6. The van der Waals surface area contributed by atoms with Gasteiger partial charge >= 0.3 is 5.97 Å². The second kappa shape index (κ2) is 16.9. The number of aromatic amines is 1. The fourth-order valence-electron chi connectivity index (χ4n) is 4.51. The number of halogens is 1. The topological polar surface area (TPSA) is 122 Å². The summed E-state index contributed by atoms with van der Waals surface area (Å²) in [4.78, 5) is 28.8. The Balaban J connectivity index is 1.23. The number of nitrogens with one attached hydrogen (secondary N) is 2. The number of H-pyrrole nitrogens is 1. The van der Waals surface area contributed by atoms with Gasteiger partial charge in [-0.1, -0.05) is 94.4 Å². The number of carbonyl (C=O) groups excluding carboxylic acids is 2. The number of rotatable bonds is 19. The number of aromatic nitrogens is 4. The second-order valence-electron chi connectivity index (χ2n) is 10.1. The van der Waals surface area contributed by atoms with Crippen LogP contribution in [0.3, 0.4) is 0 Å². The van der Waals surface area contributed by atoms with Crippen molar-refractivity contribution in [2.75, 3.05) is 18.5 Å². The molecule has 2 aromatic heterocycles. The van der Waals surface area contributed by atoms with Crippen LogP contribution in [0.25, 0.3) is 17.0 Å². The maximum Gasteiger partial charge on any atom is 0.306 e. The van der Waals surface area contributed by atoms with E-state index in [2.05, 4.69) is 20.5 Å². The molecule has 39 heavy (non-hydrogen) atoms. The van der Waals surface area contributed by atoms with E-state index in [4.69, 9.17) is 21.4 Å². The van der Waals surface area contributed by atoms with Crippen LogP contribution in [-0.4, -0.2) is 50.0 Å².